The number of benzene rings is 1. The molecule has 0 aromatic heterocycles. The molecule has 0 saturated heterocycles. The number of carbonyl (C=O) groups is 2. The zero-order valence-corrected chi connectivity index (χ0v) is 8.91. The molecule has 2 N–H and O–H groups in total. The molecular formula is C10H8ClN3O2. The van der Waals surface area contributed by atoms with E-state index in [1.165, 1.54) is 6.19 Å². The number of nitriles is 1. The molecule has 0 heterocycles. The Balaban J connectivity index is 2.58. The predicted octanol–water partition coefficient (Wildman–Crippen LogP) is 0.667. The summed E-state index contributed by atoms with van der Waals surface area (Å²) in [6.45, 7) is -0.266. The molecule has 82 valence electrons. The molecular weight excluding hydrogens is 230 g/mol. The fourth-order valence-electron chi connectivity index (χ4n) is 1.01. The fourth-order valence-corrected chi connectivity index (χ4v) is 1.23. The molecule has 1 rings (SSSR count). The zero-order chi connectivity index (χ0) is 12.0. The van der Waals surface area contributed by atoms with Gasteiger partial charge in [0.25, 0.3) is 11.8 Å². The normalized spacial score (nSPS) is 9.00. The van der Waals surface area contributed by atoms with E-state index in [4.69, 9.17) is 16.9 Å². The first-order valence-corrected chi connectivity index (χ1v) is 4.73. The van der Waals surface area contributed by atoms with E-state index in [1.54, 1.807) is 24.3 Å². The molecule has 0 aliphatic heterocycles. The van der Waals surface area contributed by atoms with E-state index in [2.05, 4.69) is 5.32 Å². The Morgan fingerprint density at radius 3 is 2.69 bits per heavy atom. The third kappa shape index (κ3) is 3.26. The van der Waals surface area contributed by atoms with Gasteiger partial charge < -0.3 is 5.32 Å². The van der Waals surface area contributed by atoms with Crippen LogP contribution in [0.2, 0.25) is 5.02 Å². The van der Waals surface area contributed by atoms with Crippen LogP contribution < -0.4 is 10.6 Å². The van der Waals surface area contributed by atoms with E-state index < -0.39 is 11.8 Å². The average Bonchev–Trinajstić information content (AvgIpc) is 2.27. The second-order valence-electron chi connectivity index (χ2n) is 2.82. The largest absolute Gasteiger partial charge is 0.343 e. The molecule has 0 atom stereocenters. The minimum atomic E-state index is -0.581. The SMILES string of the molecule is N#CNC(=O)CNC(=O)c1ccccc1Cl. The van der Waals surface area contributed by atoms with Crippen LogP contribution in [0, 0.1) is 11.5 Å². The minimum Gasteiger partial charge on any atom is -0.343 e. The Hall–Kier alpha value is -2.06. The molecule has 16 heavy (non-hydrogen) atoms. The van der Waals surface area contributed by atoms with Crippen molar-refractivity contribution in [3.8, 4) is 6.19 Å². The lowest BCUT2D eigenvalue weighted by atomic mass is 10.2. The van der Waals surface area contributed by atoms with Crippen molar-refractivity contribution in [1.82, 2.24) is 10.6 Å². The molecule has 0 aliphatic carbocycles. The van der Waals surface area contributed by atoms with Crippen molar-refractivity contribution in [2.45, 2.75) is 0 Å². The number of halogens is 1. The summed E-state index contributed by atoms with van der Waals surface area (Å²) < 4.78 is 0. The Kier molecular flexibility index (Phi) is 4.30. The Bertz CT molecular complexity index is 454. The summed E-state index contributed by atoms with van der Waals surface area (Å²) in [5, 5.41) is 12.7. The van der Waals surface area contributed by atoms with Gasteiger partial charge in [0, 0.05) is 0 Å². The van der Waals surface area contributed by atoms with Crippen LogP contribution in [0.25, 0.3) is 0 Å². The third-order valence-electron chi connectivity index (χ3n) is 1.72. The monoisotopic (exact) mass is 237 g/mol. The molecule has 1 aromatic carbocycles. The van der Waals surface area contributed by atoms with Crippen LogP contribution in [0.15, 0.2) is 24.3 Å². The molecule has 6 heteroatoms. The number of amides is 2. The maximum absolute atomic E-state index is 11.5. The van der Waals surface area contributed by atoms with Gasteiger partial charge in [0.15, 0.2) is 6.19 Å². The van der Waals surface area contributed by atoms with E-state index in [-0.39, 0.29) is 12.1 Å². The average molecular weight is 238 g/mol. The molecule has 0 spiro atoms. The van der Waals surface area contributed by atoms with E-state index in [0.717, 1.165) is 0 Å². The summed E-state index contributed by atoms with van der Waals surface area (Å²) in [7, 11) is 0. The second-order valence-corrected chi connectivity index (χ2v) is 3.23. The molecule has 2 amide bonds. The maximum Gasteiger partial charge on any atom is 0.253 e. The Morgan fingerprint density at radius 1 is 1.38 bits per heavy atom. The van der Waals surface area contributed by atoms with Gasteiger partial charge in [-0.3, -0.25) is 14.9 Å². The molecule has 0 aliphatic rings. The van der Waals surface area contributed by atoms with Crippen LogP contribution in [0.5, 0.6) is 0 Å². The van der Waals surface area contributed by atoms with Crippen LogP contribution in [0.3, 0.4) is 0 Å². The fraction of sp³-hybridized carbons (Fsp3) is 0.100. The molecule has 0 unspecified atom stereocenters. The van der Waals surface area contributed by atoms with Gasteiger partial charge in [-0.15, -0.1) is 0 Å². The number of nitrogens with zero attached hydrogens (tertiary/aromatic N) is 1. The highest BCUT2D eigenvalue weighted by molar-refractivity contribution is 6.33. The van der Waals surface area contributed by atoms with Gasteiger partial charge in [0.05, 0.1) is 17.1 Å². The van der Waals surface area contributed by atoms with Crippen LogP contribution >= 0.6 is 11.6 Å². The first kappa shape index (κ1) is 12.0. The highest BCUT2D eigenvalue weighted by Gasteiger charge is 2.10. The Labute approximate surface area is 97.0 Å². The van der Waals surface area contributed by atoms with Crippen molar-refractivity contribution in [2.24, 2.45) is 0 Å². The molecule has 0 bridgehead atoms. The lowest BCUT2D eigenvalue weighted by molar-refractivity contribution is -0.119. The standard InChI is InChI=1S/C10H8ClN3O2/c11-8-4-2-1-3-7(8)10(16)13-5-9(15)14-6-12/h1-4H,5H2,(H,13,16)(H,14,15). The van der Waals surface area contributed by atoms with Crippen LogP contribution in [-0.4, -0.2) is 18.4 Å². The van der Waals surface area contributed by atoms with Crippen molar-refractivity contribution < 1.29 is 9.59 Å². The highest BCUT2D eigenvalue weighted by atomic mass is 35.5. The Morgan fingerprint density at radius 2 is 2.06 bits per heavy atom. The van der Waals surface area contributed by atoms with E-state index in [1.807, 2.05) is 5.32 Å². The maximum atomic E-state index is 11.5. The summed E-state index contributed by atoms with van der Waals surface area (Å²) in [6.07, 6.45) is 1.47. The highest BCUT2D eigenvalue weighted by Crippen LogP contribution is 2.14. The van der Waals surface area contributed by atoms with Gasteiger partial charge in [-0.2, -0.15) is 5.26 Å². The smallest absolute Gasteiger partial charge is 0.253 e. The van der Waals surface area contributed by atoms with Crippen LogP contribution in [0.4, 0.5) is 0 Å². The summed E-state index contributed by atoms with van der Waals surface area (Å²) >= 11 is 5.78. The van der Waals surface area contributed by atoms with Crippen molar-refractivity contribution >= 4 is 23.4 Å². The number of hydrogen-bond donors (Lipinski definition) is 2. The minimum absolute atomic E-state index is 0.266. The van der Waals surface area contributed by atoms with Crippen LogP contribution in [-0.2, 0) is 4.79 Å². The summed E-state index contributed by atoms with van der Waals surface area (Å²) in [6, 6.07) is 6.48. The lowest BCUT2D eigenvalue weighted by Crippen LogP contribution is -2.35. The summed E-state index contributed by atoms with van der Waals surface area (Å²) in [4.78, 5) is 22.4. The quantitative estimate of drug-likeness (QED) is 0.599. The van der Waals surface area contributed by atoms with Crippen LogP contribution in [0.1, 0.15) is 10.4 Å². The van der Waals surface area contributed by atoms with Crippen molar-refractivity contribution in [2.75, 3.05) is 6.54 Å². The van der Waals surface area contributed by atoms with Gasteiger partial charge in [-0.1, -0.05) is 23.7 Å². The molecule has 0 saturated carbocycles. The topological polar surface area (TPSA) is 82.0 Å². The second kappa shape index (κ2) is 5.73. The van der Waals surface area contributed by atoms with Crippen molar-refractivity contribution in [1.29, 1.82) is 5.26 Å². The molecule has 5 nitrogen and oxygen atoms in total. The lowest BCUT2D eigenvalue weighted by Gasteiger charge is -2.04. The van der Waals surface area contributed by atoms with Gasteiger partial charge in [0.2, 0.25) is 0 Å². The zero-order valence-electron chi connectivity index (χ0n) is 8.16. The molecule has 0 radical (unpaired) electrons. The first-order valence-electron chi connectivity index (χ1n) is 4.36. The number of carbonyl (C=O) groups excluding carboxylic acids is 2. The number of hydrogen-bond acceptors (Lipinski definition) is 3. The predicted molar refractivity (Wildman–Crippen MR) is 57.5 cm³/mol. The van der Waals surface area contributed by atoms with Gasteiger partial charge in [-0.05, 0) is 12.1 Å². The molecule has 1 aromatic rings. The summed E-state index contributed by atoms with van der Waals surface area (Å²) in [5.41, 5.74) is 0.286. The number of rotatable bonds is 3. The van der Waals surface area contributed by atoms with Crippen molar-refractivity contribution in [3.05, 3.63) is 34.9 Å². The van der Waals surface area contributed by atoms with Gasteiger partial charge >= 0.3 is 0 Å². The van der Waals surface area contributed by atoms with E-state index >= 15 is 0 Å². The summed E-state index contributed by atoms with van der Waals surface area (Å²) in [5.74, 6) is -1.04. The van der Waals surface area contributed by atoms with Gasteiger partial charge in [-0.25, -0.2) is 0 Å². The number of nitrogens with one attached hydrogen (secondary N) is 2. The van der Waals surface area contributed by atoms with E-state index in [0.29, 0.717) is 5.02 Å². The molecule has 0 fully saturated rings. The first-order chi connectivity index (χ1) is 7.65. The van der Waals surface area contributed by atoms with Gasteiger partial charge in [0.1, 0.15) is 0 Å². The van der Waals surface area contributed by atoms with E-state index in [9.17, 15) is 9.59 Å². The van der Waals surface area contributed by atoms with Crippen molar-refractivity contribution in [3.63, 3.8) is 0 Å². The third-order valence-corrected chi connectivity index (χ3v) is 2.05.